The van der Waals surface area contributed by atoms with Crippen molar-refractivity contribution in [1.29, 1.82) is 0 Å². The van der Waals surface area contributed by atoms with Crippen LogP contribution in [0.25, 0.3) is 10.3 Å². The van der Waals surface area contributed by atoms with Crippen LogP contribution in [0.4, 0.5) is 5.69 Å². The van der Waals surface area contributed by atoms with Crippen molar-refractivity contribution in [2.24, 2.45) is 0 Å². The number of fused-ring (bicyclic) bond motifs is 1. The average Bonchev–Trinajstić information content (AvgIpc) is 3.08. The van der Waals surface area contributed by atoms with Gasteiger partial charge in [-0.2, -0.15) is 0 Å². The van der Waals surface area contributed by atoms with Crippen molar-refractivity contribution >= 4 is 33.3 Å². The van der Waals surface area contributed by atoms with E-state index in [1.165, 1.54) is 11.3 Å². The Morgan fingerprint density at radius 1 is 1.35 bits per heavy atom. The van der Waals surface area contributed by atoms with Crippen LogP contribution in [-0.4, -0.2) is 32.0 Å². The smallest absolute Gasteiger partial charge is 0.263 e. The highest BCUT2D eigenvalue weighted by Gasteiger charge is 2.17. The second-order valence-corrected chi connectivity index (χ2v) is 5.11. The van der Waals surface area contributed by atoms with Crippen LogP contribution in [0.3, 0.4) is 0 Å². The van der Waals surface area contributed by atoms with Crippen molar-refractivity contribution < 1.29 is 4.79 Å². The number of carbonyl (C=O) groups excluding carboxylic acids is 1. The molecule has 0 aromatic carbocycles. The molecular formula is C12H12N6OS. The van der Waals surface area contributed by atoms with E-state index in [0.29, 0.717) is 34.0 Å². The minimum atomic E-state index is -0.201. The lowest BCUT2D eigenvalue weighted by atomic mass is 10.3. The number of nitrogens with one attached hydrogen (secondary N) is 1. The normalized spacial score (nSPS) is 10.8. The van der Waals surface area contributed by atoms with Crippen LogP contribution in [0, 0.1) is 0 Å². The number of thiophene rings is 1. The summed E-state index contributed by atoms with van der Waals surface area (Å²) in [5, 5.41) is 2.83. The van der Waals surface area contributed by atoms with E-state index in [9.17, 15) is 4.79 Å². The van der Waals surface area contributed by atoms with Crippen LogP contribution >= 0.6 is 11.3 Å². The van der Waals surface area contributed by atoms with E-state index in [-0.39, 0.29) is 5.91 Å². The van der Waals surface area contributed by atoms with Gasteiger partial charge in [-0.25, -0.2) is 15.0 Å². The van der Waals surface area contributed by atoms with Gasteiger partial charge in [0.05, 0.1) is 12.0 Å². The molecule has 0 aliphatic carbocycles. The zero-order valence-electron chi connectivity index (χ0n) is 10.5. The lowest BCUT2D eigenvalue weighted by Gasteiger charge is -2.04. The van der Waals surface area contributed by atoms with Crippen molar-refractivity contribution in [2.75, 3.05) is 12.3 Å². The van der Waals surface area contributed by atoms with Gasteiger partial charge in [0.25, 0.3) is 5.91 Å². The number of rotatable bonds is 4. The summed E-state index contributed by atoms with van der Waals surface area (Å²) in [5.74, 6) is -0.201. The first-order valence-electron chi connectivity index (χ1n) is 5.98. The molecule has 20 heavy (non-hydrogen) atoms. The molecule has 102 valence electrons. The summed E-state index contributed by atoms with van der Waals surface area (Å²) in [6, 6.07) is 0. The minimum Gasteiger partial charge on any atom is -0.396 e. The van der Waals surface area contributed by atoms with Crippen LogP contribution in [0.5, 0.6) is 0 Å². The minimum absolute atomic E-state index is 0.201. The Morgan fingerprint density at radius 2 is 2.20 bits per heavy atom. The molecule has 0 atom stereocenters. The Labute approximate surface area is 118 Å². The molecule has 3 aromatic rings. The van der Waals surface area contributed by atoms with Gasteiger partial charge < -0.3 is 15.6 Å². The molecule has 7 nitrogen and oxygen atoms in total. The van der Waals surface area contributed by atoms with Crippen LogP contribution in [0.2, 0.25) is 0 Å². The summed E-state index contributed by atoms with van der Waals surface area (Å²) in [4.78, 5) is 25.5. The van der Waals surface area contributed by atoms with Crippen molar-refractivity contribution in [3.63, 3.8) is 0 Å². The Hall–Kier alpha value is -2.48. The Bertz CT molecular complexity index is 736. The molecule has 3 heterocycles. The van der Waals surface area contributed by atoms with Gasteiger partial charge in [0.2, 0.25) is 0 Å². The molecule has 0 saturated carbocycles. The lowest BCUT2D eigenvalue weighted by molar-refractivity contribution is 0.0957. The molecular weight excluding hydrogens is 276 g/mol. The van der Waals surface area contributed by atoms with E-state index in [1.54, 1.807) is 24.9 Å². The molecule has 0 aliphatic heterocycles. The van der Waals surface area contributed by atoms with Crippen LogP contribution in [0.1, 0.15) is 9.67 Å². The number of nitrogens with zero attached hydrogens (tertiary/aromatic N) is 4. The molecule has 0 saturated heterocycles. The average molecular weight is 288 g/mol. The van der Waals surface area contributed by atoms with Gasteiger partial charge in [-0.15, -0.1) is 11.3 Å². The van der Waals surface area contributed by atoms with Crippen LogP contribution in [-0.2, 0) is 6.54 Å². The molecule has 0 radical (unpaired) electrons. The van der Waals surface area contributed by atoms with Crippen LogP contribution in [0.15, 0.2) is 31.1 Å². The number of anilines is 1. The SMILES string of the molecule is Nc1c(C(=O)NCCn2ccnc2)sc2nccnc12. The van der Waals surface area contributed by atoms with E-state index >= 15 is 0 Å². The van der Waals surface area contributed by atoms with Gasteiger partial charge in [0.15, 0.2) is 0 Å². The second kappa shape index (κ2) is 5.25. The van der Waals surface area contributed by atoms with E-state index in [1.807, 2.05) is 10.8 Å². The lowest BCUT2D eigenvalue weighted by Crippen LogP contribution is -2.26. The van der Waals surface area contributed by atoms with Crippen LogP contribution < -0.4 is 11.1 Å². The van der Waals surface area contributed by atoms with E-state index in [2.05, 4.69) is 20.3 Å². The largest absolute Gasteiger partial charge is 0.396 e. The Kier molecular flexibility index (Phi) is 3.30. The highest BCUT2D eigenvalue weighted by molar-refractivity contribution is 7.21. The first-order chi connectivity index (χ1) is 9.75. The van der Waals surface area contributed by atoms with Gasteiger partial charge in [0.1, 0.15) is 15.2 Å². The third-order valence-electron chi connectivity index (χ3n) is 2.78. The van der Waals surface area contributed by atoms with Crippen molar-refractivity contribution in [2.45, 2.75) is 6.54 Å². The molecule has 1 amide bonds. The zero-order chi connectivity index (χ0) is 13.9. The summed E-state index contributed by atoms with van der Waals surface area (Å²) in [6.45, 7) is 1.16. The van der Waals surface area contributed by atoms with Gasteiger partial charge >= 0.3 is 0 Å². The highest BCUT2D eigenvalue weighted by Crippen LogP contribution is 2.30. The van der Waals surface area contributed by atoms with Crippen molar-refractivity contribution in [3.05, 3.63) is 36.0 Å². The summed E-state index contributed by atoms with van der Waals surface area (Å²) in [6.07, 6.45) is 8.38. The standard InChI is InChI=1S/C12H12N6OS/c13-8-9-12(17-2-1-15-9)20-10(8)11(19)16-4-6-18-5-3-14-7-18/h1-3,5,7H,4,6,13H2,(H,16,19). The molecule has 0 unspecified atom stereocenters. The fourth-order valence-electron chi connectivity index (χ4n) is 1.81. The highest BCUT2D eigenvalue weighted by atomic mass is 32.1. The van der Waals surface area contributed by atoms with Gasteiger partial charge in [-0.1, -0.05) is 0 Å². The molecule has 0 spiro atoms. The van der Waals surface area contributed by atoms with Crippen molar-refractivity contribution in [1.82, 2.24) is 24.8 Å². The molecule has 0 aliphatic rings. The number of amides is 1. The molecule has 3 rings (SSSR count). The summed E-state index contributed by atoms with van der Waals surface area (Å²) in [5.41, 5.74) is 6.91. The summed E-state index contributed by atoms with van der Waals surface area (Å²) >= 11 is 1.25. The third kappa shape index (κ3) is 2.32. The number of hydrogen-bond donors (Lipinski definition) is 2. The maximum absolute atomic E-state index is 12.1. The quantitative estimate of drug-likeness (QED) is 0.743. The number of carbonyl (C=O) groups is 1. The maximum atomic E-state index is 12.1. The molecule has 3 N–H and O–H groups in total. The molecule has 3 aromatic heterocycles. The number of hydrogen-bond acceptors (Lipinski definition) is 6. The number of aromatic nitrogens is 4. The molecule has 0 fully saturated rings. The number of nitrogens with two attached hydrogens (primary N) is 1. The summed E-state index contributed by atoms with van der Waals surface area (Å²) < 4.78 is 1.89. The fraction of sp³-hybridized carbons (Fsp3) is 0.167. The Morgan fingerprint density at radius 3 is 2.95 bits per heavy atom. The maximum Gasteiger partial charge on any atom is 0.263 e. The molecule has 8 heteroatoms. The van der Waals surface area contributed by atoms with E-state index in [4.69, 9.17) is 5.73 Å². The van der Waals surface area contributed by atoms with Gasteiger partial charge in [-0.05, 0) is 0 Å². The predicted octanol–water partition coefficient (Wildman–Crippen LogP) is 0.900. The second-order valence-electron chi connectivity index (χ2n) is 4.11. The monoisotopic (exact) mass is 288 g/mol. The van der Waals surface area contributed by atoms with Gasteiger partial charge in [0, 0.05) is 37.9 Å². The first kappa shape index (κ1) is 12.5. The summed E-state index contributed by atoms with van der Waals surface area (Å²) in [7, 11) is 0. The van der Waals surface area contributed by atoms with E-state index < -0.39 is 0 Å². The van der Waals surface area contributed by atoms with E-state index in [0.717, 1.165) is 0 Å². The number of imidazole rings is 1. The molecule has 0 bridgehead atoms. The topological polar surface area (TPSA) is 98.7 Å². The van der Waals surface area contributed by atoms with Gasteiger partial charge in [-0.3, -0.25) is 4.79 Å². The fourth-order valence-corrected chi connectivity index (χ4v) is 2.75. The number of nitrogen functional groups attached to an aromatic ring is 1. The predicted molar refractivity (Wildman–Crippen MR) is 76.4 cm³/mol. The first-order valence-corrected chi connectivity index (χ1v) is 6.80. The zero-order valence-corrected chi connectivity index (χ0v) is 11.3. The van der Waals surface area contributed by atoms with Crippen molar-refractivity contribution in [3.8, 4) is 0 Å². The Balaban J connectivity index is 1.71. The third-order valence-corrected chi connectivity index (χ3v) is 3.89.